The first-order chi connectivity index (χ1) is 8.99. The molecule has 1 heterocycles. The number of esters is 3. The van der Waals surface area contributed by atoms with Crippen molar-refractivity contribution in [2.75, 3.05) is 6.61 Å². The Bertz CT molecular complexity index is 444. The van der Waals surface area contributed by atoms with Crippen LogP contribution in [-0.4, -0.2) is 36.7 Å². The van der Waals surface area contributed by atoms with E-state index >= 15 is 0 Å². The SMILES string of the molecule is CC(=O)O[C@@H]1[C@H]2C[C@@H](OC(C)=O)[C@H]1[C@H]1COC(=O)[C@@H]21. The number of ether oxygens (including phenoxy) is 3. The van der Waals surface area contributed by atoms with E-state index in [1.807, 2.05) is 0 Å². The lowest BCUT2D eigenvalue weighted by molar-refractivity contribution is -0.155. The van der Waals surface area contributed by atoms with Crippen molar-refractivity contribution in [2.45, 2.75) is 32.5 Å². The molecule has 0 spiro atoms. The average Bonchev–Trinajstić information content (AvgIpc) is 2.89. The highest BCUT2D eigenvalue weighted by Crippen LogP contribution is 2.57. The molecule has 0 aromatic heterocycles. The van der Waals surface area contributed by atoms with E-state index in [-0.39, 0.29) is 53.8 Å². The fourth-order valence-corrected chi connectivity index (χ4v) is 4.02. The molecule has 2 bridgehead atoms. The molecular weight excluding hydrogens is 252 g/mol. The Labute approximate surface area is 110 Å². The van der Waals surface area contributed by atoms with Gasteiger partial charge in [-0.05, 0) is 6.42 Å². The number of fused-ring (bicyclic) bond motifs is 5. The van der Waals surface area contributed by atoms with E-state index < -0.39 is 0 Å². The molecule has 0 radical (unpaired) electrons. The lowest BCUT2D eigenvalue weighted by atomic mass is 9.80. The van der Waals surface area contributed by atoms with Crippen LogP contribution >= 0.6 is 0 Å². The summed E-state index contributed by atoms with van der Waals surface area (Å²) < 4.78 is 15.7. The summed E-state index contributed by atoms with van der Waals surface area (Å²) in [5.41, 5.74) is 0. The summed E-state index contributed by atoms with van der Waals surface area (Å²) in [6, 6.07) is 0. The predicted molar refractivity (Wildman–Crippen MR) is 60.6 cm³/mol. The fourth-order valence-electron chi connectivity index (χ4n) is 4.02. The van der Waals surface area contributed by atoms with Gasteiger partial charge in [-0.25, -0.2) is 0 Å². The Hall–Kier alpha value is -1.59. The van der Waals surface area contributed by atoms with Crippen molar-refractivity contribution < 1.29 is 28.6 Å². The van der Waals surface area contributed by atoms with Gasteiger partial charge in [-0.15, -0.1) is 0 Å². The Morgan fingerprint density at radius 3 is 2.47 bits per heavy atom. The third-order valence-electron chi connectivity index (χ3n) is 4.46. The van der Waals surface area contributed by atoms with Crippen LogP contribution in [0, 0.1) is 23.7 Å². The molecule has 6 heteroatoms. The lowest BCUT2D eigenvalue weighted by Gasteiger charge is -2.27. The van der Waals surface area contributed by atoms with Gasteiger partial charge in [0.25, 0.3) is 0 Å². The highest BCUT2D eigenvalue weighted by molar-refractivity contribution is 5.77. The maximum Gasteiger partial charge on any atom is 0.309 e. The Morgan fingerprint density at radius 1 is 1.16 bits per heavy atom. The number of hydrogen-bond donors (Lipinski definition) is 0. The number of cyclic esters (lactones) is 1. The van der Waals surface area contributed by atoms with Crippen LogP contribution in [0.3, 0.4) is 0 Å². The molecule has 0 N–H and O–H groups in total. The summed E-state index contributed by atoms with van der Waals surface area (Å²) >= 11 is 0. The van der Waals surface area contributed by atoms with Gasteiger partial charge in [0.1, 0.15) is 12.2 Å². The molecule has 2 aliphatic carbocycles. The monoisotopic (exact) mass is 268 g/mol. The van der Waals surface area contributed by atoms with E-state index in [0.29, 0.717) is 13.0 Å². The van der Waals surface area contributed by atoms with Crippen molar-refractivity contribution in [3.8, 4) is 0 Å². The molecule has 0 aromatic rings. The van der Waals surface area contributed by atoms with Gasteiger partial charge >= 0.3 is 17.9 Å². The van der Waals surface area contributed by atoms with E-state index in [1.54, 1.807) is 0 Å². The molecular formula is C13H16O6. The fraction of sp³-hybridized carbons (Fsp3) is 0.769. The molecule has 3 rings (SSSR count). The molecule has 0 aromatic carbocycles. The molecule has 3 aliphatic rings. The minimum absolute atomic E-state index is 0.0000463. The minimum atomic E-state index is -0.364. The van der Waals surface area contributed by atoms with Crippen LogP contribution in [0.4, 0.5) is 0 Å². The van der Waals surface area contributed by atoms with Crippen molar-refractivity contribution in [3.63, 3.8) is 0 Å². The Balaban J connectivity index is 1.85. The van der Waals surface area contributed by atoms with Crippen LogP contribution in [0.15, 0.2) is 0 Å². The second-order valence-corrected chi connectivity index (χ2v) is 5.52. The van der Waals surface area contributed by atoms with Crippen molar-refractivity contribution in [1.29, 1.82) is 0 Å². The zero-order chi connectivity index (χ0) is 13.7. The Morgan fingerprint density at radius 2 is 1.84 bits per heavy atom. The van der Waals surface area contributed by atoms with Crippen molar-refractivity contribution in [2.24, 2.45) is 23.7 Å². The number of carbonyl (C=O) groups is 3. The van der Waals surface area contributed by atoms with Crippen LogP contribution in [0.2, 0.25) is 0 Å². The first-order valence-corrected chi connectivity index (χ1v) is 6.50. The van der Waals surface area contributed by atoms with E-state index in [9.17, 15) is 14.4 Å². The van der Waals surface area contributed by atoms with Gasteiger partial charge in [0.05, 0.1) is 12.5 Å². The molecule has 6 nitrogen and oxygen atoms in total. The van der Waals surface area contributed by atoms with Crippen LogP contribution in [0.25, 0.3) is 0 Å². The number of hydrogen-bond acceptors (Lipinski definition) is 6. The van der Waals surface area contributed by atoms with E-state index in [1.165, 1.54) is 13.8 Å². The zero-order valence-electron chi connectivity index (χ0n) is 10.8. The first kappa shape index (κ1) is 12.4. The molecule has 0 unspecified atom stereocenters. The van der Waals surface area contributed by atoms with Crippen LogP contribution in [0.5, 0.6) is 0 Å². The standard InChI is InChI=1S/C13H16O6/c1-5(14)18-9-3-7-10-8(4-17-13(10)16)11(9)12(7)19-6(2)15/h7-12H,3-4H2,1-2H3/t7-,8-,9+,10-,11+,12+/m0/s1. The van der Waals surface area contributed by atoms with E-state index in [2.05, 4.69) is 0 Å². The normalized spacial score (nSPS) is 42.7. The van der Waals surface area contributed by atoms with Crippen molar-refractivity contribution >= 4 is 17.9 Å². The van der Waals surface area contributed by atoms with Crippen LogP contribution < -0.4 is 0 Å². The summed E-state index contributed by atoms with van der Waals surface area (Å²) in [5.74, 6) is -1.33. The summed E-state index contributed by atoms with van der Waals surface area (Å²) in [6.07, 6.45) is -0.0364. The highest BCUT2D eigenvalue weighted by atomic mass is 16.6. The second-order valence-electron chi connectivity index (χ2n) is 5.52. The quantitative estimate of drug-likeness (QED) is 0.529. The summed E-state index contributed by atoms with van der Waals surface area (Å²) in [5, 5.41) is 0. The average molecular weight is 268 g/mol. The topological polar surface area (TPSA) is 78.9 Å². The number of carbonyl (C=O) groups excluding carboxylic acids is 3. The van der Waals surface area contributed by atoms with Gasteiger partial charge < -0.3 is 14.2 Å². The lowest BCUT2D eigenvalue weighted by Crippen LogP contribution is -2.35. The van der Waals surface area contributed by atoms with Crippen LogP contribution in [-0.2, 0) is 28.6 Å². The number of rotatable bonds is 2. The van der Waals surface area contributed by atoms with Crippen LogP contribution in [0.1, 0.15) is 20.3 Å². The third kappa shape index (κ3) is 1.81. The largest absolute Gasteiger partial charge is 0.465 e. The second kappa shape index (κ2) is 4.21. The molecule has 6 atom stereocenters. The first-order valence-electron chi connectivity index (χ1n) is 6.50. The minimum Gasteiger partial charge on any atom is -0.465 e. The highest BCUT2D eigenvalue weighted by Gasteiger charge is 2.66. The third-order valence-corrected chi connectivity index (χ3v) is 4.46. The smallest absolute Gasteiger partial charge is 0.309 e. The van der Waals surface area contributed by atoms with Gasteiger partial charge in [-0.3, -0.25) is 14.4 Å². The van der Waals surface area contributed by atoms with Gasteiger partial charge in [-0.2, -0.15) is 0 Å². The van der Waals surface area contributed by atoms with Crippen molar-refractivity contribution in [3.05, 3.63) is 0 Å². The maximum absolute atomic E-state index is 11.7. The van der Waals surface area contributed by atoms with Gasteiger partial charge in [0, 0.05) is 31.6 Å². The van der Waals surface area contributed by atoms with E-state index in [0.717, 1.165) is 0 Å². The summed E-state index contributed by atoms with van der Waals surface area (Å²) in [6.45, 7) is 3.05. The van der Waals surface area contributed by atoms with Gasteiger partial charge in [0.15, 0.2) is 0 Å². The van der Waals surface area contributed by atoms with E-state index in [4.69, 9.17) is 14.2 Å². The zero-order valence-corrected chi connectivity index (χ0v) is 10.8. The molecule has 104 valence electrons. The molecule has 0 amide bonds. The molecule has 3 fully saturated rings. The summed E-state index contributed by atoms with van der Waals surface area (Å²) in [7, 11) is 0. The molecule has 1 saturated heterocycles. The van der Waals surface area contributed by atoms with Gasteiger partial charge in [0.2, 0.25) is 0 Å². The molecule has 19 heavy (non-hydrogen) atoms. The predicted octanol–water partition coefficient (Wildman–Crippen LogP) is 0.289. The molecule has 1 aliphatic heterocycles. The van der Waals surface area contributed by atoms with Crippen molar-refractivity contribution in [1.82, 2.24) is 0 Å². The Kier molecular flexibility index (Phi) is 2.76. The molecule has 2 saturated carbocycles. The maximum atomic E-state index is 11.7. The van der Waals surface area contributed by atoms with Gasteiger partial charge in [-0.1, -0.05) is 0 Å². The summed E-state index contributed by atoms with van der Waals surface area (Å²) in [4.78, 5) is 34.1.